The molecule has 2 aromatic heterocycles. The van der Waals surface area contributed by atoms with E-state index in [1.54, 1.807) is 6.20 Å². The predicted octanol–water partition coefficient (Wildman–Crippen LogP) is 0.322. The van der Waals surface area contributed by atoms with Crippen molar-refractivity contribution in [2.75, 3.05) is 6.26 Å². The van der Waals surface area contributed by atoms with E-state index in [0.29, 0.717) is 11.5 Å². The summed E-state index contributed by atoms with van der Waals surface area (Å²) in [4.78, 5) is 3.81. The lowest BCUT2D eigenvalue weighted by Gasteiger charge is -1.97. The molecule has 0 saturated heterocycles. The number of hydrogen-bond donors (Lipinski definition) is 0. The molecule has 6 nitrogen and oxygen atoms in total. The third-order valence-electron chi connectivity index (χ3n) is 1.75. The van der Waals surface area contributed by atoms with Gasteiger partial charge in [0.2, 0.25) is 0 Å². The van der Waals surface area contributed by atoms with E-state index in [9.17, 15) is 8.42 Å². The number of hydrogen-bond acceptors (Lipinski definition) is 5. The number of halogens is 1. The van der Waals surface area contributed by atoms with Crippen molar-refractivity contribution in [2.24, 2.45) is 0 Å². The van der Waals surface area contributed by atoms with Gasteiger partial charge in [0.05, 0.1) is 0 Å². The first-order valence-electron chi connectivity index (χ1n) is 3.99. The predicted molar refractivity (Wildman–Crippen MR) is 54.3 cm³/mol. The van der Waals surface area contributed by atoms with Crippen LogP contribution in [0.15, 0.2) is 12.4 Å². The Labute approximate surface area is 90.8 Å². The summed E-state index contributed by atoms with van der Waals surface area (Å²) in [5.41, 5.74) is 0.359. The van der Waals surface area contributed by atoms with Gasteiger partial charge in [0.1, 0.15) is 5.75 Å². The highest BCUT2D eigenvalue weighted by Gasteiger charge is 2.13. The molecule has 0 N–H and O–H groups in total. The zero-order valence-electron chi connectivity index (χ0n) is 7.75. The molecule has 0 spiro atoms. The molecule has 2 rings (SSSR count). The maximum Gasteiger partial charge on any atom is 0.198 e. The molecule has 0 aliphatic carbocycles. The molecule has 0 aliphatic heterocycles. The number of nitrogens with zero attached hydrogens (tertiary/aromatic N) is 4. The normalized spacial score (nSPS) is 12.1. The topological polar surface area (TPSA) is 77.2 Å². The highest BCUT2D eigenvalue weighted by molar-refractivity contribution is 7.89. The third-order valence-corrected chi connectivity index (χ3v) is 2.80. The van der Waals surface area contributed by atoms with Gasteiger partial charge >= 0.3 is 0 Å². The first kappa shape index (κ1) is 10.3. The van der Waals surface area contributed by atoms with Crippen molar-refractivity contribution < 1.29 is 8.42 Å². The quantitative estimate of drug-likeness (QED) is 0.763. The Morgan fingerprint density at radius 2 is 2.20 bits per heavy atom. The van der Waals surface area contributed by atoms with Crippen LogP contribution in [0, 0.1) is 0 Å². The van der Waals surface area contributed by atoms with Gasteiger partial charge in [0, 0.05) is 18.6 Å². The van der Waals surface area contributed by atoms with Gasteiger partial charge in [0.15, 0.2) is 26.5 Å². The lowest BCUT2D eigenvalue weighted by atomic mass is 10.6. The fourth-order valence-corrected chi connectivity index (χ4v) is 2.03. The Kier molecular flexibility index (Phi) is 2.35. The largest absolute Gasteiger partial charge is 0.281 e. The van der Waals surface area contributed by atoms with Gasteiger partial charge in [-0.1, -0.05) is 11.6 Å². The van der Waals surface area contributed by atoms with Crippen LogP contribution in [-0.2, 0) is 15.6 Å². The van der Waals surface area contributed by atoms with Crippen molar-refractivity contribution in [3.63, 3.8) is 0 Å². The number of fused-ring (bicyclic) bond motifs is 1. The molecule has 0 unspecified atom stereocenters. The average Bonchev–Trinajstić information content (AvgIpc) is 2.48. The molecular weight excluding hydrogens is 240 g/mol. The second-order valence-electron chi connectivity index (χ2n) is 3.10. The van der Waals surface area contributed by atoms with Crippen molar-refractivity contribution in [1.29, 1.82) is 0 Å². The van der Waals surface area contributed by atoms with E-state index in [2.05, 4.69) is 15.2 Å². The molecule has 0 fully saturated rings. The minimum absolute atomic E-state index is 0.172. The van der Waals surface area contributed by atoms with Gasteiger partial charge in [-0.05, 0) is 0 Å². The maximum atomic E-state index is 11.1. The molecular formula is C7H7ClN4O2S. The summed E-state index contributed by atoms with van der Waals surface area (Å²) in [5.74, 6) is 0.158. The van der Waals surface area contributed by atoms with Crippen molar-refractivity contribution >= 4 is 27.1 Å². The summed E-state index contributed by atoms with van der Waals surface area (Å²) in [6.45, 7) is 0. The SMILES string of the molecule is CS(=O)(=O)Cc1nnc2c(Cl)nccn12. The van der Waals surface area contributed by atoms with Gasteiger partial charge in [-0.2, -0.15) is 0 Å². The van der Waals surface area contributed by atoms with Gasteiger partial charge < -0.3 is 0 Å². The van der Waals surface area contributed by atoms with Crippen LogP contribution >= 0.6 is 11.6 Å². The highest BCUT2D eigenvalue weighted by Crippen LogP contribution is 2.13. The third kappa shape index (κ3) is 2.07. The van der Waals surface area contributed by atoms with Crippen LogP contribution in [0.4, 0.5) is 0 Å². The van der Waals surface area contributed by atoms with Gasteiger partial charge in [0.25, 0.3) is 0 Å². The molecule has 0 bridgehead atoms. The summed E-state index contributed by atoms with van der Waals surface area (Å²) < 4.78 is 23.7. The number of aromatic nitrogens is 4. The molecule has 15 heavy (non-hydrogen) atoms. The molecule has 0 amide bonds. The molecule has 2 aromatic rings. The van der Waals surface area contributed by atoms with E-state index in [1.165, 1.54) is 10.6 Å². The van der Waals surface area contributed by atoms with E-state index < -0.39 is 9.84 Å². The Hall–Kier alpha value is -1.21. The molecule has 8 heteroatoms. The number of sulfone groups is 1. The van der Waals surface area contributed by atoms with Gasteiger partial charge in [-0.25, -0.2) is 13.4 Å². The van der Waals surface area contributed by atoms with Crippen molar-refractivity contribution in [2.45, 2.75) is 5.75 Å². The van der Waals surface area contributed by atoms with Crippen molar-refractivity contribution in [1.82, 2.24) is 19.6 Å². The lowest BCUT2D eigenvalue weighted by Crippen LogP contribution is -2.05. The van der Waals surface area contributed by atoms with Crippen LogP contribution in [0.3, 0.4) is 0 Å². The zero-order valence-corrected chi connectivity index (χ0v) is 9.33. The van der Waals surface area contributed by atoms with Crippen molar-refractivity contribution in [3.05, 3.63) is 23.4 Å². The van der Waals surface area contributed by atoms with Gasteiger partial charge in [-0.3, -0.25) is 4.40 Å². The van der Waals surface area contributed by atoms with Crippen molar-refractivity contribution in [3.8, 4) is 0 Å². The standard InChI is InChI=1S/C7H7ClN4O2S/c1-15(13,14)4-5-10-11-7-6(8)9-2-3-12(5)7/h2-3H,4H2,1H3. The van der Waals surface area contributed by atoms with E-state index in [4.69, 9.17) is 11.6 Å². The fraction of sp³-hybridized carbons (Fsp3) is 0.286. The maximum absolute atomic E-state index is 11.1. The first-order chi connectivity index (χ1) is 6.97. The second kappa shape index (κ2) is 3.42. The summed E-state index contributed by atoms with van der Waals surface area (Å²) in [5, 5.41) is 7.71. The monoisotopic (exact) mass is 246 g/mol. The molecule has 0 saturated carbocycles. The summed E-state index contributed by atoms with van der Waals surface area (Å²) in [6.07, 6.45) is 4.17. The van der Waals surface area contributed by atoms with Crippen LogP contribution in [-0.4, -0.2) is 34.3 Å². The van der Waals surface area contributed by atoms with E-state index in [1.807, 2.05) is 0 Å². The first-order valence-corrected chi connectivity index (χ1v) is 6.43. The van der Waals surface area contributed by atoms with E-state index in [-0.39, 0.29) is 10.9 Å². The Morgan fingerprint density at radius 1 is 1.47 bits per heavy atom. The minimum Gasteiger partial charge on any atom is -0.281 e. The molecule has 80 valence electrons. The summed E-state index contributed by atoms with van der Waals surface area (Å²) in [7, 11) is -3.14. The molecule has 0 atom stereocenters. The van der Waals surface area contributed by atoms with Crippen LogP contribution in [0.25, 0.3) is 5.65 Å². The number of rotatable bonds is 2. The molecule has 2 heterocycles. The molecule has 0 aromatic carbocycles. The van der Waals surface area contributed by atoms with E-state index >= 15 is 0 Å². The Bertz CT molecular complexity index is 606. The molecule has 0 aliphatic rings. The van der Waals surface area contributed by atoms with Crippen LogP contribution in [0.2, 0.25) is 5.15 Å². The minimum atomic E-state index is -3.14. The molecule has 0 radical (unpaired) electrons. The average molecular weight is 247 g/mol. The Morgan fingerprint density at radius 3 is 2.87 bits per heavy atom. The Balaban J connectivity index is 2.60. The smallest absolute Gasteiger partial charge is 0.198 e. The van der Waals surface area contributed by atoms with Crippen LogP contribution in [0.1, 0.15) is 5.82 Å². The van der Waals surface area contributed by atoms with E-state index in [0.717, 1.165) is 6.26 Å². The fourth-order valence-electron chi connectivity index (χ4n) is 1.18. The highest BCUT2D eigenvalue weighted by atomic mass is 35.5. The zero-order chi connectivity index (χ0) is 11.1. The second-order valence-corrected chi connectivity index (χ2v) is 5.60. The van der Waals surface area contributed by atoms with Crippen LogP contribution < -0.4 is 0 Å². The summed E-state index contributed by atoms with van der Waals surface area (Å²) >= 11 is 5.76. The lowest BCUT2D eigenvalue weighted by molar-refractivity contribution is 0.599. The summed E-state index contributed by atoms with van der Waals surface area (Å²) in [6, 6.07) is 0. The van der Waals surface area contributed by atoms with Gasteiger partial charge in [-0.15, -0.1) is 10.2 Å². The van der Waals surface area contributed by atoms with Crippen LogP contribution in [0.5, 0.6) is 0 Å².